The van der Waals surface area contributed by atoms with Crippen LogP contribution in [0, 0.1) is 16.7 Å². The van der Waals surface area contributed by atoms with Crippen LogP contribution in [0.25, 0.3) is 0 Å². The minimum atomic E-state index is -4.47. The van der Waals surface area contributed by atoms with Crippen LogP contribution >= 0.6 is 12.6 Å². The number of hydrogen-bond acceptors (Lipinski definition) is 4. The van der Waals surface area contributed by atoms with E-state index in [0.717, 1.165) is 12.3 Å². The summed E-state index contributed by atoms with van der Waals surface area (Å²) in [5.74, 6) is -0.299. The Morgan fingerprint density at radius 2 is 2.00 bits per heavy atom. The van der Waals surface area contributed by atoms with Gasteiger partial charge in [-0.3, -0.25) is 9.78 Å². The third-order valence-electron chi connectivity index (χ3n) is 3.61. The van der Waals surface area contributed by atoms with Crippen LogP contribution in [0.5, 0.6) is 0 Å². The minimum absolute atomic E-state index is 0.0482. The Labute approximate surface area is 131 Å². The van der Waals surface area contributed by atoms with Gasteiger partial charge in [0.25, 0.3) is 0 Å². The third kappa shape index (κ3) is 2.88. The first kappa shape index (κ1) is 16.6. The van der Waals surface area contributed by atoms with E-state index in [2.05, 4.69) is 17.6 Å². The van der Waals surface area contributed by atoms with Crippen molar-refractivity contribution < 1.29 is 18.0 Å². The van der Waals surface area contributed by atoms with E-state index in [1.807, 2.05) is 6.07 Å². The van der Waals surface area contributed by atoms with E-state index in [9.17, 15) is 18.0 Å². The summed E-state index contributed by atoms with van der Waals surface area (Å²) in [4.78, 5) is 15.9. The molecule has 1 aliphatic rings. The van der Waals surface area contributed by atoms with Crippen molar-refractivity contribution in [2.75, 3.05) is 0 Å². The van der Waals surface area contributed by atoms with Crippen molar-refractivity contribution in [3.63, 3.8) is 0 Å². The van der Waals surface area contributed by atoms with Gasteiger partial charge in [0.2, 0.25) is 0 Å². The van der Waals surface area contributed by atoms with Crippen molar-refractivity contribution in [3.8, 4) is 6.07 Å². The Morgan fingerprint density at radius 3 is 2.45 bits per heavy atom. The number of hydrogen-bond donors (Lipinski definition) is 1. The smallest absolute Gasteiger partial charge is 0.293 e. The Bertz CT molecular complexity index is 686. The molecule has 0 spiro atoms. The van der Waals surface area contributed by atoms with Gasteiger partial charge in [0.15, 0.2) is 5.78 Å². The van der Waals surface area contributed by atoms with Gasteiger partial charge in [-0.25, -0.2) is 0 Å². The molecule has 0 fully saturated rings. The van der Waals surface area contributed by atoms with E-state index in [4.69, 9.17) is 5.26 Å². The topological polar surface area (TPSA) is 53.8 Å². The van der Waals surface area contributed by atoms with Gasteiger partial charge in [-0.2, -0.15) is 31.1 Å². The van der Waals surface area contributed by atoms with Crippen LogP contribution in [-0.4, -0.2) is 10.8 Å². The van der Waals surface area contributed by atoms with E-state index >= 15 is 0 Å². The lowest BCUT2D eigenvalue weighted by Crippen LogP contribution is -2.38. The molecule has 0 bridgehead atoms. The number of carbonyl (C=O) groups excluding carboxylic acids is 1. The molecule has 0 saturated carbocycles. The maximum absolute atomic E-state index is 12.6. The van der Waals surface area contributed by atoms with Crippen LogP contribution in [0.4, 0.5) is 13.2 Å². The zero-order chi connectivity index (χ0) is 16.8. The van der Waals surface area contributed by atoms with Gasteiger partial charge < -0.3 is 0 Å². The van der Waals surface area contributed by atoms with E-state index in [-0.39, 0.29) is 23.5 Å². The van der Waals surface area contributed by atoms with Crippen LogP contribution in [-0.2, 0) is 15.7 Å². The van der Waals surface area contributed by atoms with E-state index in [1.165, 1.54) is 12.1 Å². The lowest BCUT2D eigenvalue weighted by molar-refractivity contribution is -0.137. The molecule has 7 heteroatoms. The number of nitriles is 1. The maximum Gasteiger partial charge on any atom is 0.417 e. The Balaban J connectivity index is 2.49. The monoisotopic (exact) mass is 326 g/mol. The zero-order valence-corrected chi connectivity index (χ0v) is 12.8. The highest BCUT2D eigenvalue weighted by atomic mass is 32.1. The molecule has 0 aliphatic heterocycles. The molecule has 1 aromatic rings. The summed E-state index contributed by atoms with van der Waals surface area (Å²) in [5, 5.41) is 9.08. The van der Waals surface area contributed by atoms with E-state index in [1.54, 1.807) is 13.8 Å². The number of thiol groups is 1. The second-order valence-corrected chi connectivity index (χ2v) is 6.71. The van der Waals surface area contributed by atoms with E-state index < -0.39 is 21.9 Å². The number of rotatable bonds is 1. The molecule has 1 aromatic heterocycles. The molecule has 2 rings (SSSR count). The number of Topliss-reactive ketones (excluding diaryl/α,β-unsaturated/α-hetero) is 1. The molecule has 0 radical (unpaired) electrons. The number of pyridine rings is 1. The second-order valence-electron chi connectivity index (χ2n) is 5.91. The molecule has 22 heavy (non-hydrogen) atoms. The first-order valence-electron chi connectivity index (χ1n) is 6.43. The van der Waals surface area contributed by atoms with Crippen LogP contribution in [0.1, 0.15) is 31.5 Å². The Morgan fingerprint density at radius 1 is 1.36 bits per heavy atom. The second kappa shape index (κ2) is 5.13. The first-order valence-corrected chi connectivity index (χ1v) is 6.88. The summed E-state index contributed by atoms with van der Waals surface area (Å²) in [7, 11) is 0. The Hall–Kier alpha value is -1.81. The van der Waals surface area contributed by atoms with Gasteiger partial charge in [0, 0.05) is 11.6 Å². The summed E-state index contributed by atoms with van der Waals surface area (Å²) in [5.41, 5.74) is -1.47. The molecule has 1 atom stereocenters. The van der Waals surface area contributed by atoms with Crippen molar-refractivity contribution in [1.29, 1.82) is 5.26 Å². The summed E-state index contributed by atoms with van der Waals surface area (Å²) >= 11 is 4.49. The van der Waals surface area contributed by atoms with Crippen molar-refractivity contribution in [2.24, 2.45) is 5.41 Å². The molecule has 0 saturated heterocycles. The van der Waals surface area contributed by atoms with Crippen molar-refractivity contribution in [2.45, 2.75) is 31.2 Å². The average molecular weight is 326 g/mol. The SMILES string of the molecule is CC1(C)CC(S)(c2ccc(C(F)(F)F)cn2)C=C(C#N)C1=O. The van der Waals surface area contributed by atoms with Crippen molar-refractivity contribution in [1.82, 2.24) is 4.98 Å². The lowest BCUT2D eigenvalue weighted by atomic mass is 9.70. The lowest BCUT2D eigenvalue weighted by Gasteiger charge is -2.37. The van der Waals surface area contributed by atoms with Crippen molar-refractivity contribution >= 4 is 18.4 Å². The van der Waals surface area contributed by atoms with Gasteiger partial charge in [0.1, 0.15) is 6.07 Å². The third-order valence-corrected chi connectivity index (χ3v) is 4.12. The zero-order valence-electron chi connectivity index (χ0n) is 11.9. The number of nitrogens with zero attached hydrogens (tertiary/aromatic N) is 2. The Kier molecular flexibility index (Phi) is 3.86. The molecule has 116 valence electrons. The minimum Gasteiger partial charge on any atom is -0.293 e. The van der Waals surface area contributed by atoms with Gasteiger partial charge in [-0.15, -0.1) is 0 Å². The summed E-state index contributed by atoms with van der Waals surface area (Å²) < 4.78 is 36.7. The van der Waals surface area contributed by atoms with E-state index in [0.29, 0.717) is 0 Å². The predicted molar refractivity (Wildman–Crippen MR) is 77.0 cm³/mol. The summed E-state index contributed by atoms with van der Waals surface area (Å²) in [6.45, 7) is 3.35. The average Bonchev–Trinajstić information content (AvgIpc) is 2.42. The number of aromatic nitrogens is 1. The highest BCUT2D eigenvalue weighted by Gasteiger charge is 2.45. The standard InChI is InChI=1S/C15H13F3N2OS/c1-13(2)8-14(22,5-9(6-19)12(13)21)11-4-3-10(7-20-11)15(16,17)18/h3-5,7,22H,8H2,1-2H3. The molecule has 3 nitrogen and oxygen atoms in total. The number of carbonyl (C=O) groups is 1. The van der Waals surface area contributed by atoms with Gasteiger partial charge in [0.05, 0.1) is 21.6 Å². The van der Waals surface area contributed by atoms with Crippen LogP contribution in [0.2, 0.25) is 0 Å². The fourth-order valence-electron chi connectivity index (χ4n) is 2.54. The summed E-state index contributed by atoms with van der Waals surface area (Å²) in [6, 6.07) is 3.97. The molecular formula is C15H13F3N2OS. The van der Waals surface area contributed by atoms with Gasteiger partial charge >= 0.3 is 6.18 Å². The normalized spacial score (nSPS) is 24.6. The molecule has 0 aromatic carbocycles. The number of alkyl halides is 3. The van der Waals surface area contributed by atoms with Crippen molar-refractivity contribution in [3.05, 3.63) is 41.2 Å². The summed E-state index contributed by atoms with van der Waals surface area (Å²) in [6.07, 6.45) is -2.12. The number of halogens is 3. The molecule has 1 unspecified atom stereocenters. The highest BCUT2D eigenvalue weighted by Crippen LogP contribution is 2.46. The highest BCUT2D eigenvalue weighted by molar-refractivity contribution is 7.81. The first-order chi connectivity index (χ1) is 9.99. The van der Waals surface area contributed by atoms with Gasteiger partial charge in [-0.1, -0.05) is 13.8 Å². The fourth-order valence-corrected chi connectivity index (χ4v) is 3.20. The van der Waals surface area contributed by atoms with Gasteiger partial charge in [-0.05, 0) is 24.6 Å². The number of allylic oxidation sites excluding steroid dienone is 1. The predicted octanol–water partition coefficient (Wildman–Crippen LogP) is 3.67. The fraction of sp³-hybridized carbons (Fsp3) is 0.400. The molecule has 1 heterocycles. The molecular weight excluding hydrogens is 313 g/mol. The molecule has 1 aliphatic carbocycles. The molecule has 0 amide bonds. The van der Waals surface area contributed by atoms with Crippen LogP contribution < -0.4 is 0 Å². The number of ketones is 1. The van der Waals surface area contributed by atoms with Crippen LogP contribution in [0.15, 0.2) is 30.0 Å². The maximum atomic E-state index is 12.6. The van der Waals surface area contributed by atoms with Crippen LogP contribution in [0.3, 0.4) is 0 Å². The quantitative estimate of drug-likeness (QED) is 0.801. The molecule has 0 N–H and O–H groups in total. The largest absolute Gasteiger partial charge is 0.417 e.